The van der Waals surface area contributed by atoms with Crippen LogP contribution in [0.2, 0.25) is 5.02 Å². The van der Waals surface area contributed by atoms with E-state index in [0.717, 1.165) is 17.1 Å². The highest BCUT2D eigenvalue weighted by atomic mass is 35.5. The Morgan fingerprint density at radius 2 is 1.90 bits per heavy atom. The van der Waals surface area contributed by atoms with Crippen molar-refractivity contribution in [2.45, 2.75) is 17.6 Å². The van der Waals surface area contributed by atoms with Gasteiger partial charge in [0.05, 0.1) is 27.5 Å². The van der Waals surface area contributed by atoms with Gasteiger partial charge in [0, 0.05) is 18.0 Å². The number of amides is 1. The first kappa shape index (κ1) is 22.3. The fraction of sp³-hybridized carbons (Fsp3) is 0.190. The van der Waals surface area contributed by atoms with E-state index < -0.39 is 10.0 Å². The number of benzene rings is 2. The average Bonchev–Trinajstić information content (AvgIpc) is 3.22. The number of furan rings is 1. The second-order valence-electron chi connectivity index (χ2n) is 6.50. The van der Waals surface area contributed by atoms with Gasteiger partial charge in [0.1, 0.15) is 5.76 Å². The van der Waals surface area contributed by atoms with E-state index in [0.29, 0.717) is 12.3 Å². The molecular weight excluding hydrogens is 444 g/mol. The molecule has 1 heterocycles. The van der Waals surface area contributed by atoms with Gasteiger partial charge in [0.25, 0.3) is 15.9 Å². The van der Waals surface area contributed by atoms with Gasteiger partial charge in [-0.15, -0.1) is 0 Å². The molecule has 0 aliphatic heterocycles. The summed E-state index contributed by atoms with van der Waals surface area (Å²) in [6.45, 7) is 2.32. The molecule has 3 aromatic rings. The molecule has 0 unspecified atom stereocenters. The zero-order valence-corrected chi connectivity index (χ0v) is 18.6. The van der Waals surface area contributed by atoms with Gasteiger partial charge in [0.2, 0.25) is 0 Å². The van der Waals surface area contributed by atoms with Crippen molar-refractivity contribution in [3.8, 4) is 0 Å². The number of hydrogen-bond donors (Lipinski definition) is 2. The Hall–Kier alpha value is -2.42. The number of carbonyl (C=O) groups is 1. The second-order valence-corrected chi connectivity index (χ2v) is 9.70. The highest BCUT2D eigenvalue weighted by Crippen LogP contribution is 2.23. The van der Waals surface area contributed by atoms with Gasteiger partial charge in [-0.25, -0.2) is 8.42 Å². The summed E-state index contributed by atoms with van der Waals surface area (Å²) < 4.78 is 32.9. The smallest absolute Gasteiger partial charge is 0.261 e. The highest BCUT2D eigenvalue weighted by Gasteiger charge is 2.16. The van der Waals surface area contributed by atoms with Gasteiger partial charge in [-0.3, -0.25) is 9.52 Å². The summed E-state index contributed by atoms with van der Waals surface area (Å²) in [7, 11) is -3.77. The number of thioether (sulfide) groups is 1. The minimum absolute atomic E-state index is 0.141. The number of nitrogens with one attached hydrogen (secondary N) is 2. The molecule has 0 radical (unpaired) electrons. The number of hydrogen-bond acceptors (Lipinski definition) is 5. The quantitative estimate of drug-likeness (QED) is 0.448. The standard InChI is InChI=1S/C21H21ClN2O4S2/c1-15-4-7-18(8-5-15)30(26,27)24-16-6-9-20(22)19(13-16)21(25)23-10-12-29-14-17-3-2-11-28-17/h2-9,11,13,24H,10,12,14H2,1H3,(H,23,25). The minimum atomic E-state index is -3.77. The number of carbonyl (C=O) groups excluding carboxylic acids is 1. The van der Waals surface area contributed by atoms with Crippen molar-refractivity contribution >= 4 is 45.0 Å². The monoisotopic (exact) mass is 464 g/mol. The summed E-state index contributed by atoms with van der Waals surface area (Å²) in [5.41, 5.74) is 1.43. The van der Waals surface area contributed by atoms with Crippen LogP contribution >= 0.6 is 23.4 Å². The van der Waals surface area contributed by atoms with Crippen molar-refractivity contribution in [2.24, 2.45) is 0 Å². The van der Waals surface area contributed by atoms with Crippen LogP contribution in [0.4, 0.5) is 5.69 Å². The summed E-state index contributed by atoms with van der Waals surface area (Å²) in [4.78, 5) is 12.6. The molecule has 0 spiro atoms. The Kier molecular flexibility index (Phi) is 7.47. The van der Waals surface area contributed by atoms with Crippen LogP contribution in [-0.4, -0.2) is 26.6 Å². The van der Waals surface area contributed by atoms with Crippen LogP contribution in [0, 0.1) is 6.92 Å². The maximum atomic E-state index is 12.6. The Morgan fingerprint density at radius 3 is 2.60 bits per heavy atom. The van der Waals surface area contributed by atoms with Gasteiger partial charge < -0.3 is 9.73 Å². The summed E-state index contributed by atoms with van der Waals surface area (Å²) >= 11 is 7.78. The van der Waals surface area contributed by atoms with E-state index in [-0.39, 0.29) is 27.1 Å². The predicted molar refractivity (Wildman–Crippen MR) is 121 cm³/mol. The van der Waals surface area contributed by atoms with E-state index in [1.807, 2.05) is 19.1 Å². The Labute approximate surface area is 185 Å². The molecule has 9 heteroatoms. The molecule has 0 saturated heterocycles. The molecule has 0 saturated carbocycles. The summed E-state index contributed by atoms with van der Waals surface area (Å²) in [5, 5.41) is 3.04. The number of halogens is 1. The van der Waals surface area contributed by atoms with Crippen LogP contribution < -0.4 is 10.0 Å². The maximum absolute atomic E-state index is 12.6. The van der Waals surface area contributed by atoms with E-state index in [1.165, 1.54) is 30.3 Å². The number of aryl methyl sites for hydroxylation is 1. The number of rotatable bonds is 9. The molecule has 2 N–H and O–H groups in total. The summed E-state index contributed by atoms with van der Waals surface area (Å²) in [6, 6.07) is 14.7. The predicted octanol–water partition coefficient (Wildman–Crippen LogP) is 4.71. The Morgan fingerprint density at radius 1 is 1.13 bits per heavy atom. The van der Waals surface area contributed by atoms with E-state index in [9.17, 15) is 13.2 Å². The molecule has 2 aromatic carbocycles. The largest absolute Gasteiger partial charge is 0.468 e. The van der Waals surface area contributed by atoms with Crippen molar-refractivity contribution < 1.29 is 17.6 Å². The Balaban J connectivity index is 1.59. The fourth-order valence-corrected chi connectivity index (χ4v) is 4.60. The van der Waals surface area contributed by atoms with Crippen LogP contribution in [0.1, 0.15) is 21.7 Å². The molecule has 3 rings (SSSR count). The topological polar surface area (TPSA) is 88.4 Å². The van der Waals surface area contributed by atoms with Crippen LogP contribution in [0.25, 0.3) is 0 Å². The second kappa shape index (κ2) is 10.1. The molecule has 0 fully saturated rings. The van der Waals surface area contributed by atoms with E-state index >= 15 is 0 Å². The number of sulfonamides is 1. The van der Waals surface area contributed by atoms with Crippen molar-refractivity contribution in [1.29, 1.82) is 0 Å². The fourth-order valence-electron chi connectivity index (χ4n) is 2.59. The van der Waals surface area contributed by atoms with Crippen molar-refractivity contribution in [3.05, 3.63) is 82.8 Å². The van der Waals surface area contributed by atoms with Crippen molar-refractivity contribution in [3.63, 3.8) is 0 Å². The summed E-state index contributed by atoms with van der Waals surface area (Å²) in [6.07, 6.45) is 1.62. The van der Waals surface area contributed by atoms with Crippen molar-refractivity contribution in [1.82, 2.24) is 5.32 Å². The van der Waals surface area contributed by atoms with Gasteiger partial charge in [-0.1, -0.05) is 29.3 Å². The summed E-state index contributed by atoms with van der Waals surface area (Å²) in [5.74, 6) is 1.93. The molecule has 30 heavy (non-hydrogen) atoms. The maximum Gasteiger partial charge on any atom is 0.261 e. The lowest BCUT2D eigenvalue weighted by Gasteiger charge is -2.11. The van der Waals surface area contributed by atoms with E-state index in [2.05, 4.69) is 10.0 Å². The minimum Gasteiger partial charge on any atom is -0.468 e. The van der Waals surface area contributed by atoms with Crippen molar-refractivity contribution in [2.75, 3.05) is 17.0 Å². The van der Waals surface area contributed by atoms with Crippen LogP contribution in [0.15, 0.2) is 70.2 Å². The van der Waals surface area contributed by atoms with Gasteiger partial charge in [0.15, 0.2) is 0 Å². The van der Waals surface area contributed by atoms with Gasteiger partial charge in [-0.2, -0.15) is 11.8 Å². The lowest BCUT2D eigenvalue weighted by Crippen LogP contribution is -2.26. The first-order valence-electron chi connectivity index (χ1n) is 9.12. The van der Waals surface area contributed by atoms with Crippen LogP contribution in [0.3, 0.4) is 0 Å². The molecule has 0 aliphatic carbocycles. The molecule has 0 aliphatic rings. The third kappa shape index (κ3) is 6.04. The lowest BCUT2D eigenvalue weighted by atomic mass is 10.2. The molecular formula is C21H21ClN2O4S2. The lowest BCUT2D eigenvalue weighted by molar-refractivity contribution is 0.0956. The normalized spacial score (nSPS) is 11.3. The highest BCUT2D eigenvalue weighted by molar-refractivity contribution is 7.98. The SMILES string of the molecule is Cc1ccc(S(=O)(=O)Nc2ccc(Cl)c(C(=O)NCCSCc3ccco3)c2)cc1. The molecule has 1 aromatic heterocycles. The molecule has 6 nitrogen and oxygen atoms in total. The molecule has 158 valence electrons. The average molecular weight is 465 g/mol. The molecule has 0 bridgehead atoms. The molecule has 1 amide bonds. The zero-order chi connectivity index (χ0) is 21.6. The Bertz CT molecular complexity index is 1100. The first-order chi connectivity index (χ1) is 14.3. The third-order valence-corrected chi connectivity index (χ3v) is 6.86. The van der Waals surface area contributed by atoms with E-state index in [4.69, 9.17) is 16.0 Å². The van der Waals surface area contributed by atoms with Crippen LogP contribution in [0.5, 0.6) is 0 Å². The van der Waals surface area contributed by atoms with E-state index in [1.54, 1.807) is 30.2 Å². The third-order valence-electron chi connectivity index (χ3n) is 4.15. The zero-order valence-electron chi connectivity index (χ0n) is 16.2. The number of anilines is 1. The van der Waals surface area contributed by atoms with Gasteiger partial charge in [-0.05, 0) is 49.4 Å². The van der Waals surface area contributed by atoms with Crippen LogP contribution in [-0.2, 0) is 15.8 Å². The first-order valence-corrected chi connectivity index (χ1v) is 12.1. The van der Waals surface area contributed by atoms with Gasteiger partial charge >= 0.3 is 0 Å². The molecule has 0 atom stereocenters.